The lowest BCUT2D eigenvalue weighted by Gasteiger charge is -2.22. The Kier molecular flexibility index (Phi) is 4.38. The number of thiophene rings is 1. The smallest absolute Gasteiger partial charge is 0.248 e. The van der Waals surface area contributed by atoms with Gasteiger partial charge in [-0.15, -0.1) is 11.3 Å². The minimum atomic E-state index is -2.44. The number of rotatable bonds is 5. The molecule has 1 nitrogen and oxygen atoms in total. The normalized spacial score (nSPS) is 24.3. The average molecular weight is 273 g/mol. The molecule has 1 heterocycles. The van der Waals surface area contributed by atoms with Crippen molar-refractivity contribution in [1.82, 2.24) is 5.32 Å². The summed E-state index contributed by atoms with van der Waals surface area (Å²) in [5.74, 6) is -2.33. The summed E-state index contributed by atoms with van der Waals surface area (Å²) in [4.78, 5) is 2.68. The molecule has 1 fully saturated rings. The number of halogens is 2. The van der Waals surface area contributed by atoms with E-state index in [1.165, 1.54) is 9.75 Å². The van der Waals surface area contributed by atoms with Crippen LogP contribution in [0.2, 0.25) is 0 Å². The third-order valence-electron chi connectivity index (χ3n) is 3.87. The van der Waals surface area contributed by atoms with Gasteiger partial charge in [0, 0.05) is 28.6 Å². The zero-order valence-corrected chi connectivity index (χ0v) is 11.8. The quantitative estimate of drug-likeness (QED) is 0.858. The summed E-state index contributed by atoms with van der Waals surface area (Å²) in [5.41, 5.74) is 0. The van der Waals surface area contributed by atoms with E-state index >= 15 is 0 Å². The molecule has 0 radical (unpaired) electrons. The van der Waals surface area contributed by atoms with Gasteiger partial charge >= 0.3 is 0 Å². The average Bonchev–Trinajstić information content (AvgIpc) is 2.92. The molecule has 1 saturated carbocycles. The van der Waals surface area contributed by atoms with Crippen molar-refractivity contribution in [1.29, 1.82) is 0 Å². The fourth-order valence-electron chi connectivity index (χ4n) is 2.77. The van der Waals surface area contributed by atoms with Crippen LogP contribution in [0.3, 0.4) is 0 Å². The van der Waals surface area contributed by atoms with Gasteiger partial charge in [0.1, 0.15) is 0 Å². The SMILES string of the molecule is CCc1ccc(CC(NC)C2CCC(F)(F)C2)s1. The third-order valence-corrected chi connectivity index (χ3v) is 5.12. The van der Waals surface area contributed by atoms with Crippen molar-refractivity contribution in [3.05, 3.63) is 21.9 Å². The van der Waals surface area contributed by atoms with Crippen molar-refractivity contribution in [3.63, 3.8) is 0 Å². The van der Waals surface area contributed by atoms with Crippen LogP contribution in [0.15, 0.2) is 12.1 Å². The Morgan fingerprint density at radius 1 is 1.44 bits per heavy atom. The summed E-state index contributed by atoms with van der Waals surface area (Å²) >= 11 is 1.81. The molecule has 1 aromatic heterocycles. The number of likely N-dealkylation sites (N-methyl/N-ethyl adjacent to an activating group) is 1. The van der Waals surface area contributed by atoms with E-state index in [1.807, 2.05) is 18.4 Å². The number of aryl methyl sites for hydroxylation is 1. The van der Waals surface area contributed by atoms with Gasteiger partial charge in [0.2, 0.25) is 5.92 Å². The maximum atomic E-state index is 13.3. The molecule has 1 aromatic rings. The molecule has 2 rings (SSSR count). The first kappa shape index (κ1) is 13.9. The van der Waals surface area contributed by atoms with Crippen LogP contribution in [0.25, 0.3) is 0 Å². The lowest BCUT2D eigenvalue weighted by molar-refractivity contribution is 0.00345. The molecule has 0 saturated heterocycles. The van der Waals surface area contributed by atoms with Gasteiger partial charge in [-0.25, -0.2) is 8.78 Å². The Labute approximate surface area is 112 Å². The second kappa shape index (κ2) is 5.66. The maximum Gasteiger partial charge on any atom is 0.248 e. The Morgan fingerprint density at radius 2 is 2.17 bits per heavy atom. The highest BCUT2D eigenvalue weighted by Crippen LogP contribution is 2.41. The summed E-state index contributed by atoms with van der Waals surface area (Å²) < 4.78 is 26.5. The monoisotopic (exact) mass is 273 g/mol. The highest BCUT2D eigenvalue weighted by Gasteiger charge is 2.42. The van der Waals surface area contributed by atoms with Gasteiger partial charge in [0.25, 0.3) is 0 Å². The van der Waals surface area contributed by atoms with Crippen molar-refractivity contribution < 1.29 is 8.78 Å². The molecule has 0 spiro atoms. The van der Waals surface area contributed by atoms with Gasteiger partial charge in [0.05, 0.1) is 0 Å². The largest absolute Gasteiger partial charge is 0.316 e. The molecule has 0 amide bonds. The molecule has 1 aliphatic rings. The Morgan fingerprint density at radius 3 is 2.67 bits per heavy atom. The second-order valence-corrected chi connectivity index (χ2v) is 6.43. The highest BCUT2D eigenvalue weighted by atomic mass is 32.1. The number of alkyl halides is 2. The molecule has 0 aromatic carbocycles. The fourth-order valence-corrected chi connectivity index (χ4v) is 3.79. The molecular weight excluding hydrogens is 252 g/mol. The van der Waals surface area contributed by atoms with E-state index in [0.29, 0.717) is 6.42 Å². The third kappa shape index (κ3) is 3.29. The van der Waals surface area contributed by atoms with Gasteiger partial charge in [-0.3, -0.25) is 0 Å². The Balaban J connectivity index is 1.97. The first-order chi connectivity index (χ1) is 8.54. The number of nitrogens with one attached hydrogen (secondary N) is 1. The van der Waals surface area contributed by atoms with Crippen molar-refractivity contribution in [2.24, 2.45) is 5.92 Å². The van der Waals surface area contributed by atoms with Crippen LogP contribution >= 0.6 is 11.3 Å². The first-order valence-electron chi connectivity index (χ1n) is 6.66. The molecule has 18 heavy (non-hydrogen) atoms. The molecule has 2 unspecified atom stereocenters. The van der Waals surface area contributed by atoms with Crippen molar-refractivity contribution in [2.45, 2.75) is 51.0 Å². The standard InChI is InChI=1S/C14H21F2NS/c1-3-11-4-5-12(18-11)8-13(17-2)10-6-7-14(15,16)9-10/h4-5,10,13,17H,3,6-9H2,1-2H3. The van der Waals surface area contributed by atoms with Gasteiger partial charge < -0.3 is 5.32 Å². The Hall–Kier alpha value is -0.480. The molecule has 4 heteroatoms. The van der Waals surface area contributed by atoms with Crippen molar-refractivity contribution >= 4 is 11.3 Å². The topological polar surface area (TPSA) is 12.0 Å². The van der Waals surface area contributed by atoms with Crippen LogP contribution in [-0.2, 0) is 12.8 Å². The lowest BCUT2D eigenvalue weighted by atomic mass is 9.95. The fraction of sp³-hybridized carbons (Fsp3) is 0.714. The molecule has 1 N–H and O–H groups in total. The zero-order chi connectivity index (χ0) is 13.2. The molecule has 102 valence electrons. The van der Waals surface area contributed by atoms with E-state index in [9.17, 15) is 8.78 Å². The van der Waals surface area contributed by atoms with Crippen LogP contribution < -0.4 is 5.32 Å². The molecule has 1 aliphatic carbocycles. The lowest BCUT2D eigenvalue weighted by Crippen LogP contribution is -2.34. The summed E-state index contributed by atoms with van der Waals surface area (Å²) in [6.07, 6.45) is 2.67. The molecule has 2 atom stereocenters. The first-order valence-corrected chi connectivity index (χ1v) is 7.48. The second-order valence-electron chi connectivity index (χ2n) is 5.18. The molecule has 0 aliphatic heterocycles. The predicted octanol–water partition coefficient (Wildman–Crippen LogP) is 3.88. The van der Waals surface area contributed by atoms with Crippen LogP contribution in [0.5, 0.6) is 0 Å². The van der Waals surface area contributed by atoms with Crippen LogP contribution in [0.4, 0.5) is 8.78 Å². The number of hydrogen-bond donors (Lipinski definition) is 1. The van der Waals surface area contributed by atoms with E-state index in [2.05, 4.69) is 24.4 Å². The van der Waals surface area contributed by atoms with E-state index in [4.69, 9.17) is 0 Å². The summed E-state index contributed by atoms with van der Waals surface area (Å²) in [5, 5.41) is 3.23. The summed E-state index contributed by atoms with van der Waals surface area (Å²) in [7, 11) is 1.88. The van der Waals surface area contributed by atoms with Crippen LogP contribution in [-0.4, -0.2) is 19.0 Å². The molecule has 0 bridgehead atoms. The van der Waals surface area contributed by atoms with Crippen molar-refractivity contribution in [2.75, 3.05) is 7.05 Å². The minimum absolute atomic E-state index is 0.0461. The van der Waals surface area contributed by atoms with Gasteiger partial charge in [-0.05, 0) is 44.4 Å². The number of hydrogen-bond acceptors (Lipinski definition) is 2. The summed E-state index contributed by atoms with van der Waals surface area (Å²) in [6, 6.07) is 4.47. The van der Waals surface area contributed by atoms with Gasteiger partial charge in [-0.1, -0.05) is 6.92 Å². The van der Waals surface area contributed by atoms with Gasteiger partial charge in [0.15, 0.2) is 0 Å². The molecular formula is C14H21F2NS. The van der Waals surface area contributed by atoms with Crippen LogP contribution in [0, 0.1) is 5.92 Å². The highest BCUT2D eigenvalue weighted by molar-refractivity contribution is 7.11. The zero-order valence-electron chi connectivity index (χ0n) is 11.0. The van der Waals surface area contributed by atoms with E-state index in [0.717, 1.165) is 12.8 Å². The van der Waals surface area contributed by atoms with E-state index in [-0.39, 0.29) is 24.8 Å². The van der Waals surface area contributed by atoms with E-state index < -0.39 is 5.92 Å². The minimum Gasteiger partial charge on any atom is -0.316 e. The summed E-state index contributed by atoms with van der Waals surface area (Å²) in [6.45, 7) is 2.14. The van der Waals surface area contributed by atoms with Crippen molar-refractivity contribution in [3.8, 4) is 0 Å². The predicted molar refractivity (Wildman–Crippen MR) is 72.5 cm³/mol. The van der Waals surface area contributed by atoms with E-state index in [1.54, 1.807) is 0 Å². The Bertz CT molecular complexity index is 389. The van der Waals surface area contributed by atoms with Gasteiger partial charge in [-0.2, -0.15) is 0 Å². The van der Waals surface area contributed by atoms with Crippen LogP contribution in [0.1, 0.15) is 35.9 Å². The maximum absolute atomic E-state index is 13.3.